The average Bonchev–Trinajstić information content (AvgIpc) is 2.63. The van der Waals surface area contributed by atoms with Crippen LogP contribution in [-0.2, 0) is 19.1 Å². The third kappa shape index (κ3) is 1.82. The second-order valence-electron chi connectivity index (χ2n) is 6.02. The molecule has 0 amide bonds. The molecule has 1 N–H and O–H groups in total. The lowest BCUT2D eigenvalue weighted by molar-refractivity contribution is -0.153. The molecule has 0 aromatic heterocycles. The van der Waals surface area contributed by atoms with Gasteiger partial charge in [-0.1, -0.05) is 13.8 Å². The first kappa shape index (κ1) is 16.1. The van der Waals surface area contributed by atoms with Gasteiger partial charge < -0.3 is 9.29 Å². The van der Waals surface area contributed by atoms with E-state index in [2.05, 4.69) is 4.18 Å². The number of carboxylic acid groups (broad SMARTS) is 1. The molecule has 0 aromatic carbocycles. The summed E-state index contributed by atoms with van der Waals surface area (Å²) in [5.74, 6) is -2.25. The van der Waals surface area contributed by atoms with Gasteiger partial charge >= 0.3 is 21.6 Å². The van der Waals surface area contributed by atoms with Crippen molar-refractivity contribution in [2.24, 2.45) is 16.7 Å². The number of carbonyl (C=O) groups is 1. The van der Waals surface area contributed by atoms with Gasteiger partial charge in [0.1, 0.15) is 11.2 Å². The Bertz CT molecular complexity index is 632. The monoisotopic (exact) mass is 328 g/mol. The van der Waals surface area contributed by atoms with Crippen molar-refractivity contribution in [1.29, 1.82) is 0 Å². The molecule has 0 aromatic rings. The number of fused-ring (bicyclic) bond motifs is 2. The Morgan fingerprint density at radius 1 is 1.38 bits per heavy atom. The van der Waals surface area contributed by atoms with Crippen LogP contribution >= 0.6 is 0 Å². The largest absolute Gasteiger partial charge is 0.534 e. The van der Waals surface area contributed by atoms with Crippen LogP contribution in [0, 0.1) is 16.7 Å². The lowest BCUT2D eigenvalue weighted by atomic mass is 9.68. The van der Waals surface area contributed by atoms with Gasteiger partial charge in [-0.15, -0.1) is 0 Å². The van der Waals surface area contributed by atoms with Gasteiger partial charge in [-0.3, -0.25) is 4.79 Å². The van der Waals surface area contributed by atoms with E-state index in [1.165, 1.54) is 6.92 Å². The van der Waals surface area contributed by atoms with Crippen LogP contribution in [0.15, 0.2) is 11.3 Å². The molecule has 1 saturated carbocycles. The summed E-state index contributed by atoms with van der Waals surface area (Å²) in [6.07, 6.45) is 0.532. The molecular formula is C12H15F3O5S. The van der Waals surface area contributed by atoms with Crippen LogP contribution in [0.4, 0.5) is 13.2 Å². The zero-order chi connectivity index (χ0) is 16.4. The summed E-state index contributed by atoms with van der Waals surface area (Å²) in [5.41, 5.74) is -7.97. The van der Waals surface area contributed by atoms with Crippen molar-refractivity contribution in [3.63, 3.8) is 0 Å². The molecule has 0 radical (unpaired) electrons. The van der Waals surface area contributed by atoms with Crippen LogP contribution in [0.3, 0.4) is 0 Å². The van der Waals surface area contributed by atoms with E-state index >= 15 is 0 Å². The summed E-state index contributed by atoms with van der Waals surface area (Å²) >= 11 is 0. The molecule has 120 valence electrons. The third-order valence-electron chi connectivity index (χ3n) is 4.89. The molecule has 2 rings (SSSR count). The number of alkyl halides is 3. The van der Waals surface area contributed by atoms with Crippen LogP contribution in [0.2, 0.25) is 0 Å². The van der Waals surface area contributed by atoms with Crippen molar-refractivity contribution < 1.29 is 35.7 Å². The fourth-order valence-electron chi connectivity index (χ4n) is 3.77. The third-order valence-corrected chi connectivity index (χ3v) is 5.84. The number of hydrogen-bond donors (Lipinski definition) is 1. The van der Waals surface area contributed by atoms with Crippen molar-refractivity contribution in [3.8, 4) is 0 Å². The number of hydrogen-bond acceptors (Lipinski definition) is 4. The Kier molecular flexibility index (Phi) is 3.18. The molecule has 21 heavy (non-hydrogen) atoms. The normalized spacial score (nSPS) is 31.6. The first-order chi connectivity index (χ1) is 9.29. The van der Waals surface area contributed by atoms with E-state index < -0.39 is 38.2 Å². The summed E-state index contributed by atoms with van der Waals surface area (Å²) < 4.78 is 64.2. The van der Waals surface area contributed by atoms with E-state index in [-0.39, 0.29) is 17.9 Å². The Morgan fingerprint density at radius 2 is 1.90 bits per heavy atom. The molecule has 0 heterocycles. The van der Waals surface area contributed by atoms with Gasteiger partial charge in [0.2, 0.25) is 0 Å². The smallest absolute Gasteiger partial charge is 0.480 e. The SMILES string of the molecule is CC1=C(OS(=O)(=O)C(F)(F)F)[C@@]2(C(=O)O)CC[C@H]1C2(C)C. The number of aliphatic carboxylic acids is 1. The maximum absolute atomic E-state index is 12.5. The molecular weight excluding hydrogens is 313 g/mol. The molecule has 0 saturated heterocycles. The van der Waals surface area contributed by atoms with Crippen LogP contribution in [0.5, 0.6) is 0 Å². The Hall–Kier alpha value is -1.25. The maximum Gasteiger partial charge on any atom is 0.534 e. The lowest BCUT2D eigenvalue weighted by Gasteiger charge is -2.35. The topological polar surface area (TPSA) is 80.7 Å². The molecule has 2 bridgehead atoms. The van der Waals surface area contributed by atoms with Gasteiger partial charge in [-0.25, -0.2) is 0 Å². The molecule has 5 nitrogen and oxygen atoms in total. The Morgan fingerprint density at radius 3 is 2.33 bits per heavy atom. The fourth-order valence-corrected chi connectivity index (χ4v) is 4.36. The van der Waals surface area contributed by atoms with Crippen LogP contribution in [-0.4, -0.2) is 25.0 Å². The number of halogens is 3. The summed E-state index contributed by atoms with van der Waals surface area (Å²) in [7, 11) is -5.88. The maximum atomic E-state index is 12.5. The summed E-state index contributed by atoms with van der Waals surface area (Å²) in [5, 5.41) is 9.52. The molecule has 0 spiro atoms. The zero-order valence-corrected chi connectivity index (χ0v) is 12.4. The van der Waals surface area contributed by atoms with E-state index in [4.69, 9.17) is 0 Å². The zero-order valence-electron chi connectivity index (χ0n) is 11.6. The molecule has 0 aliphatic heterocycles. The molecule has 9 heteroatoms. The van der Waals surface area contributed by atoms with E-state index in [0.717, 1.165) is 0 Å². The first-order valence-electron chi connectivity index (χ1n) is 6.24. The van der Waals surface area contributed by atoms with Crippen molar-refractivity contribution in [2.45, 2.75) is 39.1 Å². The molecule has 2 aliphatic carbocycles. The van der Waals surface area contributed by atoms with E-state index in [1.807, 2.05) is 0 Å². The summed E-state index contributed by atoms with van der Waals surface area (Å²) in [6.45, 7) is 4.65. The van der Waals surface area contributed by atoms with Crippen molar-refractivity contribution in [3.05, 3.63) is 11.3 Å². The second kappa shape index (κ2) is 4.15. The van der Waals surface area contributed by atoms with Crippen LogP contribution < -0.4 is 0 Å². The highest BCUT2D eigenvalue weighted by Gasteiger charge is 2.69. The van der Waals surface area contributed by atoms with Gasteiger partial charge in [0.15, 0.2) is 0 Å². The summed E-state index contributed by atoms with van der Waals surface area (Å²) in [4.78, 5) is 11.7. The van der Waals surface area contributed by atoms with Gasteiger partial charge in [0.25, 0.3) is 0 Å². The number of carboxylic acids is 1. The van der Waals surface area contributed by atoms with Gasteiger partial charge in [0, 0.05) is 0 Å². The van der Waals surface area contributed by atoms with E-state index in [0.29, 0.717) is 6.42 Å². The van der Waals surface area contributed by atoms with Crippen LogP contribution in [0.25, 0.3) is 0 Å². The van der Waals surface area contributed by atoms with Crippen LogP contribution in [0.1, 0.15) is 33.6 Å². The molecule has 2 atom stereocenters. The van der Waals surface area contributed by atoms with Gasteiger partial charge in [-0.05, 0) is 36.7 Å². The second-order valence-corrected chi connectivity index (χ2v) is 7.56. The minimum atomic E-state index is -5.88. The number of allylic oxidation sites excluding steroid dienone is 1. The quantitative estimate of drug-likeness (QED) is 0.636. The molecule has 1 fully saturated rings. The highest BCUT2D eigenvalue weighted by Crippen LogP contribution is 2.68. The minimum absolute atomic E-state index is 0.0556. The fraction of sp³-hybridized carbons (Fsp3) is 0.750. The minimum Gasteiger partial charge on any atom is -0.480 e. The lowest BCUT2D eigenvalue weighted by Crippen LogP contribution is -2.42. The van der Waals surface area contributed by atoms with E-state index in [1.54, 1.807) is 13.8 Å². The van der Waals surface area contributed by atoms with Gasteiger partial charge in [0.05, 0.1) is 0 Å². The highest BCUT2D eigenvalue weighted by molar-refractivity contribution is 7.87. The van der Waals surface area contributed by atoms with Crippen molar-refractivity contribution in [1.82, 2.24) is 0 Å². The summed E-state index contributed by atoms with van der Waals surface area (Å²) in [6, 6.07) is 0. The highest BCUT2D eigenvalue weighted by atomic mass is 32.2. The molecule has 2 aliphatic rings. The van der Waals surface area contributed by atoms with Gasteiger partial charge in [-0.2, -0.15) is 21.6 Å². The Labute approximate surface area is 119 Å². The number of rotatable bonds is 3. The average molecular weight is 328 g/mol. The predicted molar refractivity (Wildman–Crippen MR) is 65.3 cm³/mol. The molecule has 0 unspecified atom stereocenters. The predicted octanol–water partition coefficient (Wildman–Crippen LogP) is 2.65. The van der Waals surface area contributed by atoms with Crippen molar-refractivity contribution >= 4 is 16.1 Å². The van der Waals surface area contributed by atoms with Crippen molar-refractivity contribution in [2.75, 3.05) is 0 Å². The standard InChI is InChI=1S/C12H15F3O5S/c1-6-7-4-5-11(9(16)17,10(7,2)3)8(6)20-21(18,19)12(13,14)15/h7H,4-5H2,1-3H3,(H,16,17)/t7-,11-/m1/s1. The van der Waals surface area contributed by atoms with E-state index in [9.17, 15) is 31.5 Å². The Balaban J connectivity index is 2.57. The first-order valence-corrected chi connectivity index (χ1v) is 7.65.